The molecule has 0 bridgehead atoms. The zero-order chi connectivity index (χ0) is 17.4. The second-order valence-corrected chi connectivity index (χ2v) is 7.31. The monoisotopic (exact) mass is 356 g/mol. The summed E-state index contributed by atoms with van der Waals surface area (Å²) in [5.41, 5.74) is 0.916. The van der Waals surface area contributed by atoms with Gasteiger partial charge < -0.3 is 19.4 Å². The van der Waals surface area contributed by atoms with Gasteiger partial charge in [-0.3, -0.25) is 4.79 Å². The molecule has 0 saturated heterocycles. The van der Waals surface area contributed by atoms with E-state index in [9.17, 15) is 4.79 Å². The molecule has 2 heterocycles. The number of fused-ring (bicyclic) bond motifs is 1. The van der Waals surface area contributed by atoms with Gasteiger partial charge in [-0.05, 0) is 31.0 Å². The molecule has 0 atom stereocenters. The van der Waals surface area contributed by atoms with Crippen molar-refractivity contribution in [3.63, 3.8) is 0 Å². The van der Waals surface area contributed by atoms with E-state index in [2.05, 4.69) is 22.3 Å². The summed E-state index contributed by atoms with van der Waals surface area (Å²) in [6, 6.07) is 8.22. The molecule has 3 aromatic rings. The summed E-state index contributed by atoms with van der Waals surface area (Å²) in [6.45, 7) is 0.413. The van der Waals surface area contributed by atoms with Gasteiger partial charge in [-0.1, -0.05) is 0 Å². The van der Waals surface area contributed by atoms with Gasteiger partial charge in [-0.15, -0.1) is 11.3 Å². The molecule has 0 unspecified atom stereocenters. The molecule has 1 amide bonds. The summed E-state index contributed by atoms with van der Waals surface area (Å²) < 4.78 is 14.0. The van der Waals surface area contributed by atoms with Crippen molar-refractivity contribution in [1.29, 1.82) is 0 Å². The smallest absolute Gasteiger partial charge is 0.261 e. The second-order valence-electron chi connectivity index (χ2n) is 6.23. The first-order valence-electron chi connectivity index (χ1n) is 8.28. The normalized spacial score (nSPS) is 13.8. The van der Waals surface area contributed by atoms with Crippen molar-refractivity contribution < 1.29 is 14.3 Å². The molecule has 1 fully saturated rings. The highest BCUT2D eigenvalue weighted by Crippen LogP contribution is 2.38. The first-order valence-corrected chi connectivity index (χ1v) is 9.09. The number of benzene rings is 1. The highest BCUT2D eigenvalue weighted by molar-refractivity contribution is 7.20. The number of carbonyl (C=O) groups excluding carboxylic acids is 1. The van der Waals surface area contributed by atoms with E-state index in [4.69, 9.17) is 9.47 Å². The van der Waals surface area contributed by atoms with Gasteiger partial charge in [0.05, 0.1) is 23.8 Å². The molecule has 1 saturated carbocycles. The van der Waals surface area contributed by atoms with Crippen molar-refractivity contribution in [3.05, 3.63) is 47.1 Å². The Morgan fingerprint density at radius 3 is 2.76 bits per heavy atom. The minimum atomic E-state index is -0.0583. The Morgan fingerprint density at radius 1 is 1.24 bits per heavy atom. The molecule has 0 spiro atoms. The van der Waals surface area contributed by atoms with Crippen LogP contribution in [0.3, 0.4) is 0 Å². The van der Waals surface area contributed by atoms with E-state index in [1.54, 1.807) is 14.2 Å². The molecule has 0 aliphatic heterocycles. The molecule has 1 N–H and O–H groups in total. The molecule has 2 aromatic heterocycles. The molecule has 4 rings (SSSR count). The molecule has 1 aliphatic carbocycles. The number of nitrogens with zero attached hydrogens (tertiary/aromatic N) is 1. The van der Waals surface area contributed by atoms with Crippen LogP contribution in [0.5, 0.6) is 11.5 Å². The van der Waals surface area contributed by atoms with Crippen LogP contribution >= 0.6 is 11.3 Å². The average molecular weight is 356 g/mol. The average Bonchev–Trinajstić information content (AvgIpc) is 3.29. The summed E-state index contributed by atoms with van der Waals surface area (Å²) >= 11 is 1.54. The molecule has 5 nitrogen and oxygen atoms in total. The Hall–Kier alpha value is -2.47. The van der Waals surface area contributed by atoms with E-state index in [1.807, 2.05) is 24.3 Å². The maximum Gasteiger partial charge on any atom is 0.261 e. The number of rotatable bonds is 6. The van der Waals surface area contributed by atoms with Crippen molar-refractivity contribution in [1.82, 2.24) is 9.88 Å². The lowest BCUT2D eigenvalue weighted by Gasteiger charge is -2.11. The van der Waals surface area contributed by atoms with Crippen molar-refractivity contribution >= 4 is 27.3 Å². The molecule has 6 heteroatoms. The minimum absolute atomic E-state index is 0.0583. The lowest BCUT2D eigenvalue weighted by atomic mass is 10.2. The van der Waals surface area contributed by atoms with Gasteiger partial charge in [0, 0.05) is 42.0 Å². The third-order valence-electron chi connectivity index (χ3n) is 4.47. The Morgan fingerprint density at radius 2 is 2.08 bits per heavy atom. The van der Waals surface area contributed by atoms with Crippen LogP contribution in [-0.2, 0) is 6.54 Å². The van der Waals surface area contributed by atoms with Crippen molar-refractivity contribution in [2.45, 2.75) is 25.4 Å². The van der Waals surface area contributed by atoms with Gasteiger partial charge in [0.15, 0.2) is 0 Å². The van der Waals surface area contributed by atoms with Gasteiger partial charge >= 0.3 is 0 Å². The lowest BCUT2D eigenvalue weighted by Crippen LogP contribution is -2.22. The number of thiophene rings is 1. The van der Waals surface area contributed by atoms with E-state index < -0.39 is 0 Å². The molecule has 25 heavy (non-hydrogen) atoms. The maximum absolute atomic E-state index is 12.5. The third-order valence-corrected chi connectivity index (χ3v) is 5.56. The Balaban J connectivity index is 1.45. The number of carbonyl (C=O) groups is 1. The number of ether oxygens (including phenoxy) is 2. The highest BCUT2D eigenvalue weighted by Gasteiger charge is 2.24. The Bertz CT molecular complexity index is 893. The molecular weight excluding hydrogens is 336 g/mol. The van der Waals surface area contributed by atoms with Crippen molar-refractivity contribution in [2.75, 3.05) is 14.2 Å². The number of amides is 1. The molecule has 0 radical (unpaired) electrons. The van der Waals surface area contributed by atoms with Crippen molar-refractivity contribution in [3.8, 4) is 11.5 Å². The van der Waals surface area contributed by atoms with Crippen LogP contribution in [0.2, 0.25) is 0 Å². The number of aromatic nitrogens is 1. The highest BCUT2D eigenvalue weighted by atomic mass is 32.1. The zero-order valence-electron chi connectivity index (χ0n) is 14.2. The number of hydrogen-bond donors (Lipinski definition) is 1. The third kappa shape index (κ3) is 3.22. The Kier molecular flexibility index (Phi) is 4.13. The van der Waals surface area contributed by atoms with Crippen LogP contribution in [0, 0.1) is 0 Å². The maximum atomic E-state index is 12.5. The minimum Gasteiger partial charge on any atom is -0.497 e. The van der Waals surface area contributed by atoms with Gasteiger partial charge in [-0.25, -0.2) is 0 Å². The number of methoxy groups -OCH3 is 2. The molecular formula is C19H20N2O3S. The van der Waals surface area contributed by atoms with Gasteiger partial charge in [0.25, 0.3) is 5.91 Å². The van der Waals surface area contributed by atoms with Crippen LogP contribution in [-0.4, -0.2) is 24.7 Å². The quantitative estimate of drug-likeness (QED) is 0.727. The number of nitrogens with one attached hydrogen (secondary N) is 1. The van der Waals surface area contributed by atoms with E-state index in [1.165, 1.54) is 28.9 Å². The zero-order valence-corrected chi connectivity index (χ0v) is 15.1. The fourth-order valence-corrected chi connectivity index (χ4v) is 3.90. The summed E-state index contributed by atoms with van der Waals surface area (Å²) in [4.78, 5) is 13.2. The second kappa shape index (κ2) is 6.44. The molecule has 1 aliphatic rings. The first kappa shape index (κ1) is 16.0. The summed E-state index contributed by atoms with van der Waals surface area (Å²) in [5.74, 6) is 1.38. The fourth-order valence-electron chi connectivity index (χ4n) is 2.91. The SMILES string of the molecule is COc1ccc(CNC(=O)c2cc3cn(C4CC4)cc3s2)c(OC)c1. The summed E-state index contributed by atoms with van der Waals surface area (Å²) in [5, 5.41) is 4.11. The van der Waals surface area contributed by atoms with Gasteiger partial charge in [0.2, 0.25) is 0 Å². The van der Waals surface area contributed by atoms with Crippen LogP contribution in [0.4, 0.5) is 0 Å². The molecule has 1 aromatic carbocycles. The van der Waals surface area contributed by atoms with E-state index in [0.29, 0.717) is 18.3 Å². The number of hydrogen-bond acceptors (Lipinski definition) is 4. The first-order chi connectivity index (χ1) is 12.2. The van der Waals surface area contributed by atoms with Crippen LogP contribution in [0.1, 0.15) is 34.1 Å². The predicted molar refractivity (Wildman–Crippen MR) is 98.8 cm³/mol. The van der Waals surface area contributed by atoms with E-state index in [-0.39, 0.29) is 5.91 Å². The van der Waals surface area contributed by atoms with Crippen molar-refractivity contribution in [2.24, 2.45) is 0 Å². The lowest BCUT2D eigenvalue weighted by molar-refractivity contribution is 0.0955. The van der Waals surface area contributed by atoms with Crippen LogP contribution in [0.15, 0.2) is 36.7 Å². The summed E-state index contributed by atoms with van der Waals surface area (Å²) in [6.07, 6.45) is 6.83. The van der Waals surface area contributed by atoms with Crippen LogP contribution < -0.4 is 14.8 Å². The fraction of sp³-hybridized carbons (Fsp3) is 0.316. The topological polar surface area (TPSA) is 52.5 Å². The van der Waals surface area contributed by atoms with E-state index >= 15 is 0 Å². The Labute approximate surface area is 150 Å². The van der Waals surface area contributed by atoms with Crippen LogP contribution in [0.25, 0.3) is 10.1 Å². The molecule has 130 valence electrons. The van der Waals surface area contributed by atoms with Gasteiger partial charge in [-0.2, -0.15) is 0 Å². The van der Waals surface area contributed by atoms with E-state index in [0.717, 1.165) is 21.6 Å². The summed E-state index contributed by atoms with van der Waals surface area (Å²) in [7, 11) is 3.23. The standard InChI is InChI=1S/C19H20N2O3S/c1-23-15-6-3-12(16(8-15)24-2)9-20-19(22)17-7-13-10-21(14-4-5-14)11-18(13)25-17/h3,6-8,10-11,14H,4-5,9H2,1-2H3,(H,20,22). The van der Waals surface area contributed by atoms with Gasteiger partial charge in [0.1, 0.15) is 11.5 Å². The largest absolute Gasteiger partial charge is 0.497 e. The predicted octanol–water partition coefficient (Wildman–Crippen LogP) is 3.98.